The van der Waals surface area contributed by atoms with Crippen LogP contribution in [-0.2, 0) is 0 Å². The molecule has 1 amide bonds. The fourth-order valence-corrected chi connectivity index (χ4v) is 2.23. The third-order valence-corrected chi connectivity index (χ3v) is 3.44. The number of amides is 1. The number of rotatable bonds is 3. The first-order valence-corrected chi connectivity index (χ1v) is 7.15. The third kappa shape index (κ3) is 2.47. The van der Waals surface area contributed by atoms with Gasteiger partial charge in [0.05, 0.1) is 5.69 Å². The Kier molecular flexibility index (Phi) is 3.23. The summed E-state index contributed by atoms with van der Waals surface area (Å²) in [6.45, 7) is 1.87. The van der Waals surface area contributed by atoms with Crippen molar-refractivity contribution in [1.29, 1.82) is 0 Å². The summed E-state index contributed by atoms with van der Waals surface area (Å²) in [6.07, 6.45) is 4.69. The van der Waals surface area contributed by atoms with Crippen LogP contribution in [0.2, 0.25) is 0 Å². The molecule has 1 aromatic carbocycles. The molecule has 3 aromatic heterocycles. The van der Waals surface area contributed by atoms with Crippen molar-refractivity contribution in [3.05, 3.63) is 60.7 Å². The molecule has 9 nitrogen and oxygen atoms in total. The average Bonchev–Trinajstić information content (AvgIpc) is 3.26. The molecule has 24 heavy (non-hydrogen) atoms. The number of nitrogens with zero attached hydrogens (tertiary/aromatic N) is 7. The SMILES string of the molecule is Cc1ccnc2nc(C(=O)Nc3ccc(-n4cncn4)cc3)nn12. The Morgan fingerprint density at radius 2 is 2.00 bits per heavy atom. The van der Waals surface area contributed by atoms with Gasteiger partial charge < -0.3 is 5.32 Å². The van der Waals surface area contributed by atoms with Gasteiger partial charge in [-0.15, -0.1) is 5.10 Å². The largest absolute Gasteiger partial charge is 0.319 e. The first-order valence-electron chi connectivity index (χ1n) is 7.15. The minimum atomic E-state index is -0.395. The number of hydrogen-bond acceptors (Lipinski definition) is 6. The van der Waals surface area contributed by atoms with Gasteiger partial charge in [0.25, 0.3) is 11.7 Å². The Morgan fingerprint density at radius 3 is 2.71 bits per heavy atom. The lowest BCUT2D eigenvalue weighted by Crippen LogP contribution is -2.14. The Bertz CT molecular complexity index is 1000. The van der Waals surface area contributed by atoms with E-state index in [-0.39, 0.29) is 5.82 Å². The molecule has 118 valence electrons. The molecular formula is C15H12N8O. The Labute approximate surface area is 136 Å². The van der Waals surface area contributed by atoms with Gasteiger partial charge in [-0.1, -0.05) is 0 Å². The Balaban J connectivity index is 1.55. The first kappa shape index (κ1) is 14.0. The lowest BCUT2D eigenvalue weighted by molar-refractivity contribution is 0.101. The lowest BCUT2D eigenvalue weighted by atomic mass is 10.3. The van der Waals surface area contributed by atoms with Crippen LogP contribution in [0.15, 0.2) is 49.2 Å². The normalized spacial score (nSPS) is 10.9. The summed E-state index contributed by atoms with van der Waals surface area (Å²) < 4.78 is 3.16. The van der Waals surface area contributed by atoms with Crippen LogP contribution in [0, 0.1) is 6.92 Å². The van der Waals surface area contributed by atoms with Crippen LogP contribution < -0.4 is 5.32 Å². The summed E-state index contributed by atoms with van der Waals surface area (Å²) in [4.78, 5) is 24.4. The van der Waals surface area contributed by atoms with Gasteiger partial charge in [-0.05, 0) is 37.3 Å². The molecule has 0 aliphatic heterocycles. The molecule has 0 saturated heterocycles. The van der Waals surface area contributed by atoms with Crippen LogP contribution in [-0.4, -0.2) is 40.3 Å². The number of nitrogens with one attached hydrogen (secondary N) is 1. The maximum absolute atomic E-state index is 12.3. The van der Waals surface area contributed by atoms with Crippen LogP contribution in [0.3, 0.4) is 0 Å². The van der Waals surface area contributed by atoms with E-state index in [9.17, 15) is 4.79 Å². The van der Waals surface area contributed by atoms with Gasteiger partial charge in [0.15, 0.2) is 0 Å². The third-order valence-electron chi connectivity index (χ3n) is 3.44. The number of benzene rings is 1. The second-order valence-corrected chi connectivity index (χ2v) is 5.07. The zero-order valence-electron chi connectivity index (χ0n) is 12.7. The van der Waals surface area contributed by atoms with Gasteiger partial charge in [0, 0.05) is 17.6 Å². The molecule has 3 heterocycles. The van der Waals surface area contributed by atoms with Crippen molar-refractivity contribution in [3.63, 3.8) is 0 Å². The Morgan fingerprint density at radius 1 is 1.17 bits per heavy atom. The summed E-state index contributed by atoms with van der Waals surface area (Å²) in [5, 5.41) is 11.0. The highest BCUT2D eigenvalue weighted by Crippen LogP contribution is 2.13. The fraction of sp³-hybridized carbons (Fsp3) is 0.0667. The maximum atomic E-state index is 12.3. The molecule has 9 heteroatoms. The molecule has 0 bridgehead atoms. The molecule has 0 spiro atoms. The highest BCUT2D eigenvalue weighted by Gasteiger charge is 2.14. The quantitative estimate of drug-likeness (QED) is 0.609. The van der Waals surface area contributed by atoms with Gasteiger partial charge in [-0.2, -0.15) is 10.1 Å². The number of aromatic nitrogens is 7. The lowest BCUT2D eigenvalue weighted by Gasteiger charge is -2.04. The molecule has 0 aliphatic rings. The van der Waals surface area contributed by atoms with Crippen molar-refractivity contribution >= 4 is 17.4 Å². The van der Waals surface area contributed by atoms with Crippen LogP contribution >= 0.6 is 0 Å². The standard InChI is InChI=1S/C15H12N8O/c1-10-6-7-17-15-20-13(21-23(10)15)14(24)19-11-2-4-12(5-3-11)22-9-16-8-18-22/h2-9H,1H3,(H,19,24). The second kappa shape index (κ2) is 5.54. The highest BCUT2D eigenvalue weighted by atomic mass is 16.2. The van der Waals surface area contributed by atoms with Crippen molar-refractivity contribution < 1.29 is 4.79 Å². The van der Waals surface area contributed by atoms with Crippen molar-refractivity contribution in [2.24, 2.45) is 0 Å². The van der Waals surface area contributed by atoms with E-state index >= 15 is 0 Å². The van der Waals surface area contributed by atoms with Crippen LogP contribution in [0.25, 0.3) is 11.5 Å². The number of fused-ring (bicyclic) bond motifs is 1. The van der Waals surface area contributed by atoms with E-state index in [0.717, 1.165) is 11.4 Å². The van der Waals surface area contributed by atoms with Crippen molar-refractivity contribution in [2.75, 3.05) is 5.32 Å². The summed E-state index contributed by atoms with van der Waals surface area (Å²) >= 11 is 0. The molecule has 0 fully saturated rings. The second-order valence-electron chi connectivity index (χ2n) is 5.07. The molecule has 0 atom stereocenters. The summed E-state index contributed by atoms with van der Waals surface area (Å²) in [7, 11) is 0. The molecule has 0 saturated carbocycles. The maximum Gasteiger partial charge on any atom is 0.295 e. The molecule has 1 N–H and O–H groups in total. The van der Waals surface area contributed by atoms with Gasteiger partial charge in [0.2, 0.25) is 5.82 Å². The zero-order chi connectivity index (χ0) is 16.5. The Hall–Kier alpha value is -3.62. The molecule has 0 unspecified atom stereocenters. The van der Waals surface area contributed by atoms with E-state index in [1.54, 1.807) is 35.4 Å². The minimum Gasteiger partial charge on any atom is -0.319 e. The van der Waals surface area contributed by atoms with Crippen molar-refractivity contribution in [2.45, 2.75) is 6.92 Å². The van der Waals surface area contributed by atoms with E-state index in [1.807, 2.05) is 19.1 Å². The van der Waals surface area contributed by atoms with Crippen LogP contribution in [0.4, 0.5) is 5.69 Å². The monoisotopic (exact) mass is 320 g/mol. The summed E-state index contributed by atoms with van der Waals surface area (Å²) in [5.74, 6) is 0.0623. The number of carbonyl (C=O) groups is 1. The molecule has 0 aliphatic carbocycles. The fourth-order valence-electron chi connectivity index (χ4n) is 2.23. The number of anilines is 1. The van der Waals surface area contributed by atoms with Gasteiger partial charge in [0.1, 0.15) is 12.7 Å². The average molecular weight is 320 g/mol. The van der Waals surface area contributed by atoms with E-state index in [4.69, 9.17) is 0 Å². The highest BCUT2D eigenvalue weighted by molar-refractivity contribution is 6.01. The summed E-state index contributed by atoms with van der Waals surface area (Å²) in [5.41, 5.74) is 2.33. The number of aryl methyl sites for hydroxylation is 1. The van der Waals surface area contributed by atoms with E-state index < -0.39 is 5.91 Å². The van der Waals surface area contributed by atoms with Crippen LogP contribution in [0.1, 0.15) is 16.3 Å². The minimum absolute atomic E-state index is 0.0668. The summed E-state index contributed by atoms with van der Waals surface area (Å²) in [6, 6.07) is 8.99. The van der Waals surface area contributed by atoms with Gasteiger partial charge in [-0.3, -0.25) is 4.79 Å². The van der Waals surface area contributed by atoms with Gasteiger partial charge >= 0.3 is 0 Å². The number of carbonyl (C=O) groups excluding carboxylic acids is 1. The van der Waals surface area contributed by atoms with Crippen LogP contribution in [0.5, 0.6) is 0 Å². The predicted octanol–water partition coefficient (Wildman–Crippen LogP) is 1.27. The molecule has 4 rings (SSSR count). The number of hydrogen-bond donors (Lipinski definition) is 1. The van der Waals surface area contributed by atoms with Crippen molar-refractivity contribution in [1.82, 2.24) is 34.3 Å². The van der Waals surface area contributed by atoms with Gasteiger partial charge in [-0.25, -0.2) is 19.2 Å². The van der Waals surface area contributed by atoms with E-state index in [1.165, 1.54) is 10.8 Å². The molecule has 0 radical (unpaired) electrons. The van der Waals surface area contributed by atoms with E-state index in [2.05, 4.69) is 30.5 Å². The predicted molar refractivity (Wildman–Crippen MR) is 84.8 cm³/mol. The first-order chi connectivity index (χ1) is 11.7. The topological polar surface area (TPSA) is 103 Å². The van der Waals surface area contributed by atoms with Crippen molar-refractivity contribution in [3.8, 4) is 5.69 Å². The molecule has 4 aromatic rings. The van der Waals surface area contributed by atoms with E-state index in [0.29, 0.717) is 11.5 Å². The zero-order valence-corrected chi connectivity index (χ0v) is 12.7. The smallest absolute Gasteiger partial charge is 0.295 e. The molecular weight excluding hydrogens is 308 g/mol.